The average molecular weight is 322 g/mol. The van der Waals surface area contributed by atoms with E-state index >= 15 is 0 Å². The maximum absolute atomic E-state index is 12.5. The zero-order valence-corrected chi connectivity index (χ0v) is 12.4. The van der Waals surface area contributed by atoms with E-state index in [1.807, 2.05) is 4.90 Å². The molecule has 0 unspecified atom stereocenters. The van der Waals surface area contributed by atoms with Gasteiger partial charge in [-0.15, -0.1) is 0 Å². The SMILES string of the molecule is CCN(CC(F)(F)F)C(=O)c1sc(N2CCCC2)nc1N. The van der Waals surface area contributed by atoms with Gasteiger partial charge in [0.05, 0.1) is 0 Å². The predicted octanol–water partition coefficient (Wildman–Crippen LogP) is 2.35. The Hall–Kier alpha value is -1.51. The number of nitrogens with two attached hydrogens (primary N) is 1. The summed E-state index contributed by atoms with van der Waals surface area (Å²) in [6.07, 6.45) is -2.35. The second-order valence-corrected chi connectivity index (χ2v) is 5.82. The fourth-order valence-corrected chi connectivity index (χ4v) is 3.21. The number of nitrogens with zero attached hydrogens (tertiary/aromatic N) is 3. The van der Waals surface area contributed by atoms with Gasteiger partial charge in [-0.05, 0) is 19.8 Å². The van der Waals surface area contributed by atoms with Gasteiger partial charge in [-0.3, -0.25) is 4.79 Å². The fraction of sp³-hybridized carbons (Fsp3) is 0.667. The van der Waals surface area contributed by atoms with Crippen LogP contribution in [0.15, 0.2) is 0 Å². The molecule has 1 aliphatic rings. The van der Waals surface area contributed by atoms with Gasteiger partial charge >= 0.3 is 6.18 Å². The van der Waals surface area contributed by atoms with Crippen LogP contribution < -0.4 is 10.6 Å². The van der Waals surface area contributed by atoms with Gasteiger partial charge in [-0.25, -0.2) is 4.98 Å². The highest BCUT2D eigenvalue weighted by Gasteiger charge is 2.34. The van der Waals surface area contributed by atoms with Crippen LogP contribution in [0.25, 0.3) is 0 Å². The predicted molar refractivity (Wildman–Crippen MR) is 75.6 cm³/mol. The van der Waals surface area contributed by atoms with Gasteiger partial charge in [0.1, 0.15) is 17.2 Å². The smallest absolute Gasteiger partial charge is 0.382 e. The summed E-state index contributed by atoms with van der Waals surface area (Å²) in [5, 5.41) is 0.608. The Morgan fingerprint density at radius 1 is 1.43 bits per heavy atom. The Labute approximate surface area is 124 Å². The van der Waals surface area contributed by atoms with Crippen molar-refractivity contribution < 1.29 is 18.0 Å². The summed E-state index contributed by atoms with van der Waals surface area (Å²) in [6.45, 7) is 1.86. The van der Waals surface area contributed by atoms with E-state index in [0.29, 0.717) is 5.13 Å². The molecule has 0 atom stereocenters. The molecule has 1 aromatic rings. The number of nitrogen functional groups attached to an aromatic ring is 1. The molecule has 1 fully saturated rings. The number of rotatable bonds is 4. The van der Waals surface area contributed by atoms with E-state index in [0.717, 1.165) is 42.2 Å². The second-order valence-electron chi connectivity index (χ2n) is 4.84. The van der Waals surface area contributed by atoms with E-state index in [9.17, 15) is 18.0 Å². The molecule has 0 saturated carbocycles. The van der Waals surface area contributed by atoms with E-state index in [4.69, 9.17) is 5.73 Å². The van der Waals surface area contributed by atoms with Crippen molar-refractivity contribution in [2.75, 3.05) is 36.8 Å². The van der Waals surface area contributed by atoms with Gasteiger partial charge in [-0.2, -0.15) is 13.2 Å². The summed E-state index contributed by atoms with van der Waals surface area (Å²) in [7, 11) is 0. The zero-order chi connectivity index (χ0) is 15.6. The van der Waals surface area contributed by atoms with Crippen molar-refractivity contribution in [3.63, 3.8) is 0 Å². The molecule has 2 heterocycles. The van der Waals surface area contributed by atoms with Gasteiger partial charge in [0, 0.05) is 19.6 Å². The van der Waals surface area contributed by atoms with E-state index < -0.39 is 18.6 Å². The minimum absolute atomic E-state index is 0.00697. The first kappa shape index (κ1) is 15.9. The number of thiazole rings is 1. The van der Waals surface area contributed by atoms with E-state index in [1.165, 1.54) is 6.92 Å². The maximum Gasteiger partial charge on any atom is 0.406 e. The quantitative estimate of drug-likeness (QED) is 0.924. The highest BCUT2D eigenvalue weighted by atomic mass is 32.1. The normalized spacial score (nSPS) is 15.5. The number of hydrogen-bond donors (Lipinski definition) is 1. The summed E-state index contributed by atoms with van der Waals surface area (Å²) in [5.41, 5.74) is 5.71. The van der Waals surface area contributed by atoms with Crippen LogP contribution in [0.2, 0.25) is 0 Å². The summed E-state index contributed by atoms with van der Waals surface area (Å²) in [6, 6.07) is 0. The lowest BCUT2D eigenvalue weighted by molar-refractivity contribution is -0.140. The molecule has 9 heteroatoms. The van der Waals surface area contributed by atoms with Gasteiger partial charge in [-0.1, -0.05) is 11.3 Å². The Balaban J connectivity index is 2.17. The van der Waals surface area contributed by atoms with Crippen molar-refractivity contribution in [2.45, 2.75) is 25.9 Å². The first-order chi connectivity index (χ1) is 9.81. The molecule has 1 aromatic heterocycles. The Morgan fingerprint density at radius 3 is 2.57 bits per heavy atom. The van der Waals surface area contributed by atoms with Crippen LogP contribution >= 0.6 is 11.3 Å². The third-order valence-corrected chi connectivity index (χ3v) is 4.37. The lowest BCUT2D eigenvalue weighted by Gasteiger charge is -2.21. The van der Waals surface area contributed by atoms with Crippen molar-refractivity contribution in [3.05, 3.63) is 4.88 Å². The second kappa shape index (κ2) is 6.08. The molecule has 1 aliphatic heterocycles. The Bertz CT molecular complexity index is 511. The van der Waals surface area contributed by atoms with Crippen LogP contribution in [0.3, 0.4) is 0 Å². The number of anilines is 2. The van der Waals surface area contributed by atoms with Gasteiger partial charge in [0.15, 0.2) is 5.13 Å². The number of carbonyl (C=O) groups is 1. The molecule has 1 amide bonds. The Morgan fingerprint density at radius 2 is 2.05 bits per heavy atom. The van der Waals surface area contributed by atoms with Crippen LogP contribution in [-0.4, -0.2) is 48.1 Å². The van der Waals surface area contributed by atoms with E-state index in [-0.39, 0.29) is 17.2 Å². The summed E-state index contributed by atoms with van der Waals surface area (Å²) < 4.78 is 37.4. The summed E-state index contributed by atoms with van der Waals surface area (Å²) in [4.78, 5) is 19.1. The molecule has 0 spiro atoms. The van der Waals surface area contributed by atoms with Crippen LogP contribution in [0.5, 0.6) is 0 Å². The van der Waals surface area contributed by atoms with Crippen molar-refractivity contribution in [3.8, 4) is 0 Å². The molecule has 1 saturated heterocycles. The van der Waals surface area contributed by atoms with Crippen LogP contribution in [0.4, 0.5) is 24.1 Å². The minimum Gasteiger partial charge on any atom is -0.382 e. The highest BCUT2D eigenvalue weighted by molar-refractivity contribution is 7.18. The molecule has 0 bridgehead atoms. The molecular formula is C12H17F3N4OS. The molecule has 2 N–H and O–H groups in total. The number of carbonyl (C=O) groups excluding carboxylic acids is 1. The van der Waals surface area contributed by atoms with Crippen molar-refractivity contribution in [2.24, 2.45) is 0 Å². The lowest BCUT2D eigenvalue weighted by Crippen LogP contribution is -2.38. The number of hydrogen-bond acceptors (Lipinski definition) is 5. The average Bonchev–Trinajstić information content (AvgIpc) is 3.02. The highest BCUT2D eigenvalue weighted by Crippen LogP contribution is 2.31. The molecule has 0 aliphatic carbocycles. The topological polar surface area (TPSA) is 62.5 Å². The minimum atomic E-state index is -4.43. The molecular weight excluding hydrogens is 305 g/mol. The largest absolute Gasteiger partial charge is 0.406 e. The maximum atomic E-state index is 12.5. The number of aromatic nitrogens is 1. The lowest BCUT2D eigenvalue weighted by atomic mass is 10.4. The summed E-state index contributed by atoms with van der Waals surface area (Å²) in [5.74, 6) is -0.706. The third kappa shape index (κ3) is 3.78. The first-order valence-corrected chi connectivity index (χ1v) is 7.50. The summed E-state index contributed by atoms with van der Waals surface area (Å²) >= 11 is 1.07. The Kier molecular flexibility index (Phi) is 4.60. The molecule has 0 aromatic carbocycles. The zero-order valence-electron chi connectivity index (χ0n) is 11.6. The van der Waals surface area contributed by atoms with Crippen LogP contribution in [0, 0.1) is 0 Å². The van der Waals surface area contributed by atoms with Gasteiger partial charge in [0.2, 0.25) is 0 Å². The standard InChI is InChI=1S/C12H17F3N4OS/c1-2-18(7-12(13,14)15)10(20)8-9(16)17-11(21-8)19-5-3-4-6-19/h2-7,16H2,1H3. The van der Waals surface area contributed by atoms with Crippen LogP contribution in [-0.2, 0) is 0 Å². The van der Waals surface area contributed by atoms with Gasteiger partial charge in [0.25, 0.3) is 5.91 Å². The van der Waals surface area contributed by atoms with Crippen LogP contribution in [0.1, 0.15) is 29.4 Å². The molecule has 21 heavy (non-hydrogen) atoms. The monoisotopic (exact) mass is 322 g/mol. The number of halogens is 3. The number of amides is 1. The van der Waals surface area contributed by atoms with Crippen molar-refractivity contribution in [1.29, 1.82) is 0 Å². The van der Waals surface area contributed by atoms with E-state index in [2.05, 4.69) is 4.98 Å². The van der Waals surface area contributed by atoms with Crippen molar-refractivity contribution in [1.82, 2.24) is 9.88 Å². The van der Waals surface area contributed by atoms with E-state index in [1.54, 1.807) is 0 Å². The fourth-order valence-electron chi connectivity index (χ4n) is 2.20. The number of alkyl halides is 3. The molecule has 2 rings (SSSR count). The first-order valence-electron chi connectivity index (χ1n) is 6.69. The molecule has 0 radical (unpaired) electrons. The third-order valence-electron chi connectivity index (χ3n) is 3.25. The molecule has 118 valence electrons. The van der Waals surface area contributed by atoms with Crippen molar-refractivity contribution >= 4 is 28.2 Å². The van der Waals surface area contributed by atoms with Gasteiger partial charge < -0.3 is 15.5 Å². The molecule has 5 nitrogen and oxygen atoms in total.